The normalized spacial score (nSPS) is 14.0. The first-order valence-electron chi connectivity index (χ1n) is 8.30. The smallest absolute Gasteiger partial charge is 0.306 e. The summed E-state index contributed by atoms with van der Waals surface area (Å²) in [5.74, 6) is 0.309. The van der Waals surface area contributed by atoms with Gasteiger partial charge in [-0.15, -0.1) is 0 Å². The largest absolute Gasteiger partial charge is 0.462 e. The average Bonchev–Trinajstić information content (AvgIpc) is 2.43. The third kappa shape index (κ3) is 11.3. The zero-order chi connectivity index (χ0) is 15.2. The maximum absolute atomic E-state index is 11.7. The Morgan fingerprint density at radius 3 is 2.20 bits per heavy atom. The molecule has 0 radical (unpaired) electrons. The Morgan fingerprint density at radius 2 is 1.60 bits per heavy atom. The molecule has 0 spiro atoms. The van der Waals surface area contributed by atoms with Gasteiger partial charge in [0.1, 0.15) is 6.10 Å². The Balaban J connectivity index is 3.52. The molecule has 0 N–H and O–H groups in total. The van der Waals surface area contributed by atoms with Crippen molar-refractivity contribution in [1.82, 2.24) is 0 Å². The molecule has 0 saturated carbocycles. The number of methoxy groups -OCH3 is 1. The fourth-order valence-electron chi connectivity index (χ4n) is 2.15. The maximum Gasteiger partial charge on any atom is 0.306 e. The molecule has 120 valence electrons. The first-order chi connectivity index (χ1) is 9.61. The topological polar surface area (TPSA) is 35.5 Å². The van der Waals surface area contributed by atoms with Crippen LogP contribution in [0.5, 0.6) is 0 Å². The van der Waals surface area contributed by atoms with E-state index in [4.69, 9.17) is 9.47 Å². The lowest BCUT2D eigenvalue weighted by molar-refractivity contribution is -0.150. The SMILES string of the molecule is CCCCCCCCCC(=O)OC(C)C(C)CCOC. The van der Waals surface area contributed by atoms with Gasteiger partial charge in [0, 0.05) is 20.1 Å². The van der Waals surface area contributed by atoms with Gasteiger partial charge in [0.15, 0.2) is 0 Å². The molecule has 2 unspecified atom stereocenters. The summed E-state index contributed by atoms with van der Waals surface area (Å²) in [6.07, 6.45) is 10.1. The predicted molar refractivity (Wildman–Crippen MR) is 83.8 cm³/mol. The van der Waals surface area contributed by atoms with Crippen molar-refractivity contribution in [3.8, 4) is 0 Å². The van der Waals surface area contributed by atoms with Crippen molar-refractivity contribution in [2.75, 3.05) is 13.7 Å². The van der Waals surface area contributed by atoms with Crippen LogP contribution in [0.15, 0.2) is 0 Å². The van der Waals surface area contributed by atoms with Crippen LogP contribution in [-0.4, -0.2) is 25.8 Å². The molecule has 0 heterocycles. The molecule has 0 aliphatic carbocycles. The van der Waals surface area contributed by atoms with E-state index >= 15 is 0 Å². The van der Waals surface area contributed by atoms with Crippen LogP contribution in [-0.2, 0) is 14.3 Å². The molecule has 0 aromatic carbocycles. The summed E-state index contributed by atoms with van der Waals surface area (Å²) < 4.78 is 10.5. The molecule has 0 rings (SSSR count). The quantitative estimate of drug-likeness (QED) is 0.362. The fourth-order valence-corrected chi connectivity index (χ4v) is 2.15. The average molecular weight is 286 g/mol. The van der Waals surface area contributed by atoms with Crippen LogP contribution in [0.2, 0.25) is 0 Å². The van der Waals surface area contributed by atoms with Gasteiger partial charge in [0.25, 0.3) is 0 Å². The van der Waals surface area contributed by atoms with Crippen LogP contribution < -0.4 is 0 Å². The molecule has 0 fully saturated rings. The standard InChI is InChI=1S/C17H34O3/c1-5-6-7-8-9-10-11-12-17(18)20-16(3)15(2)13-14-19-4/h15-16H,5-14H2,1-4H3. The second-order valence-electron chi connectivity index (χ2n) is 5.83. The molecule has 0 amide bonds. The van der Waals surface area contributed by atoms with Crippen molar-refractivity contribution in [3.05, 3.63) is 0 Å². The highest BCUT2D eigenvalue weighted by Crippen LogP contribution is 2.14. The number of carbonyl (C=O) groups excluding carboxylic acids is 1. The maximum atomic E-state index is 11.7. The lowest BCUT2D eigenvalue weighted by Gasteiger charge is -2.20. The van der Waals surface area contributed by atoms with Gasteiger partial charge in [0.05, 0.1) is 0 Å². The van der Waals surface area contributed by atoms with Crippen molar-refractivity contribution in [1.29, 1.82) is 0 Å². The highest BCUT2D eigenvalue weighted by atomic mass is 16.5. The van der Waals surface area contributed by atoms with Crippen LogP contribution in [0.1, 0.15) is 78.6 Å². The van der Waals surface area contributed by atoms with E-state index < -0.39 is 0 Å². The third-order valence-corrected chi connectivity index (χ3v) is 3.88. The molecule has 2 atom stereocenters. The number of ether oxygens (including phenoxy) is 2. The van der Waals surface area contributed by atoms with Gasteiger partial charge >= 0.3 is 5.97 Å². The van der Waals surface area contributed by atoms with Crippen molar-refractivity contribution in [2.24, 2.45) is 5.92 Å². The minimum absolute atomic E-state index is 0.0118. The summed E-state index contributed by atoms with van der Waals surface area (Å²) >= 11 is 0. The number of unbranched alkanes of at least 4 members (excludes halogenated alkanes) is 6. The van der Waals surface area contributed by atoms with Gasteiger partial charge in [-0.3, -0.25) is 4.79 Å². The molecule has 0 aliphatic rings. The number of hydrogen-bond acceptors (Lipinski definition) is 3. The number of carbonyl (C=O) groups is 1. The predicted octanol–water partition coefficient (Wildman–Crippen LogP) is 4.73. The van der Waals surface area contributed by atoms with Crippen LogP contribution in [0.25, 0.3) is 0 Å². The summed E-state index contributed by atoms with van der Waals surface area (Å²) in [4.78, 5) is 11.7. The number of hydrogen-bond donors (Lipinski definition) is 0. The van der Waals surface area contributed by atoms with Gasteiger partial charge in [-0.1, -0.05) is 52.4 Å². The molecule has 0 aliphatic heterocycles. The first-order valence-corrected chi connectivity index (χ1v) is 8.30. The van der Waals surface area contributed by atoms with Crippen molar-refractivity contribution in [2.45, 2.75) is 84.7 Å². The van der Waals surface area contributed by atoms with E-state index in [1.165, 1.54) is 32.1 Å². The first kappa shape index (κ1) is 19.4. The van der Waals surface area contributed by atoms with Gasteiger partial charge in [-0.2, -0.15) is 0 Å². The van der Waals surface area contributed by atoms with Crippen LogP contribution in [0, 0.1) is 5.92 Å². The van der Waals surface area contributed by atoms with Crippen molar-refractivity contribution >= 4 is 5.97 Å². The highest BCUT2D eigenvalue weighted by Gasteiger charge is 2.16. The zero-order valence-electron chi connectivity index (χ0n) is 14.0. The minimum atomic E-state index is -0.0460. The van der Waals surface area contributed by atoms with E-state index in [0.29, 0.717) is 12.3 Å². The lowest BCUT2D eigenvalue weighted by Crippen LogP contribution is -2.23. The Hall–Kier alpha value is -0.570. The summed E-state index contributed by atoms with van der Waals surface area (Å²) in [5.41, 5.74) is 0. The van der Waals surface area contributed by atoms with Crippen molar-refractivity contribution in [3.63, 3.8) is 0 Å². The molecule has 0 saturated heterocycles. The Kier molecular flexibility index (Phi) is 13.0. The summed E-state index contributed by atoms with van der Waals surface area (Å²) in [7, 11) is 1.70. The molecule has 0 bridgehead atoms. The minimum Gasteiger partial charge on any atom is -0.462 e. The third-order valence-electron chi connectivity index (χ3n) is 3.88. The Morgan fingerprint density at radius 1 is 1.00 bits per heavy atom. The second-order valence-corrected chi connectivity index (χ2v) is 5.83. The summed E-state index contributed by atoms with van der Waals surface area (Å²) in [5, 5.41) is 0. The lowest BCUT2D eigenvalue weighted by atomic mass is 10.0. The molecule has 0 aromatic heterocycles. The van der Waals surface area contributed by atoms with Gasteiger partial charge in [0.2, 0.25) is 0 Å². The molecule has 20 heavy (non-hydrogen) atoms. The Labute approximate surface area is 125 Å². The second kappa shape index (κ2) is 13.4. The van der Waals surface area contributed by atoms with E-state index in [1.807, 2.05) is 6.92 Å². The number of rotatable bonds is 13. The van der Waals surface area contributed by atoms with Gasteiger partial charge in [-0.05, 0) is 25.7 Å². The van der Waals surface area contributed by atoms with Gasteiger partial charge in [-0.25, -0.2) is 0 Å². The van der Waals surface area contributed by atoms with Crippen LogP contribution in [0.4, 0.5) is 0 Å². The summed E-state index contributed by atoms with van der Waals surface area (Å²) in [6.45, 7) is 7.03. The van der Waals surface area contributed by atoms with Gasteiger partial charge < -0.3 is 9.47 Å². The van der Waals surface area contributed by atoms with E-state index in [2.05, 4.69) is 13.8 Å². The molecule has 3 nitrogen and oxygen atoms in total. The van der Waals surface area contributed by atoms with Crippen molar-refractivity contribution < 1.29 is 14.3 Å². The molecular weight excluding hydrogens is 252 g/mol. The van der Waals surface area contributed by atoms with E-state index in [9.17, 15) is 4.79 Å². The van der Waals surface area contributed by atoms with E-state index in [-0.39, 0.29) is 12.1 Å². The van der Waals surface area contributed by atoms with Crippen LogP contribution in [0.3, 0.4) is 0 Å². The summed E-state index contributed by atoms with van der Waals surface area (Å²) in [6, 6.07) is 0. The highest BCUT2D eigenvalue weighted by molar-refractivity contribution is 5.69. The Bertz CT molecular complexity index is 228. The van der Waals surface area contributed by atoms with E-state index in [1.54, 1.807) is 7.11 Å². The molecule has 3 heteroatoms. The van der Waals surface area contributed by atoms with E-state index in [0.717, 1.165) is 25.9 Å². The monoisotopic (exact) mass is 286 g/mol. The zero-order valence-corrected chi connectivity index (χ0v) is 14.0. The number of esters is 1. The molecular formula is C17H34O3. The fraction of sp³-hybridized carbons (Fsp3) is 0.941. The molecule has 0 aromatic rings. The van der Waals surface area contributed by atoms with Crippen LogP contribution >= 0.6 is 0 Å².